The number of nitrogens with one attached hydrogen (secondary N) is 1. The fraction of sp³-hybridized carbons (Fsp3) is 0.571. The van der Waals surface area contributed by atoms with Crippen molar-refractivity contribution < 1.29 is 14.3 Å². The lowest BCUT2D eigenvalue weighted by Gasteiger charge is -2.25. The molecular weight excluding hydrogens is 406 g/mol. The van der Waals surface area contributed by atoms with Crippen LogP contribution in [0.4, 0.5) is 0 Å². The van der Waals surface area contributed by atoms with E-state index in [-0.39, 0.29) is 24.4 Å². The zero-order chi connectivity index (χ0) is 20.1. The van der Waals surface area contributed by atoms with E-state index in [1.807, 2.05) is 33.8 Å². The van der Waals surface area contributed by atoms with E-state index in [9.17, 15) is 4.79 Å². The Morgan fingerprint density at radius 1 is 1.30 bits per heavy atom. The van der Waals surface area contributed by atoms with E-state index in [4.69, 9.17) is 9.47 Å². The number of hydrogen-bond acceptors (Lipinski definition) is 6. The van der Waals surface area contributed by atoms with Gasteiger partial charge in [-0.1, -0.05) is 23.4 Å². The number of piperidine rings is 1. The molecule has 0 bridgehead atoms. The van der Waals surface area contributed by atoms with Gasteiger partial charge in [-0.05, 0) is 44.8 Å². The molecule has 2 saturated heterocycles. The highest BCUT2D eigenvalue weighted by Gasteiger charge is 2.27. The van der Waals surface area contributed by atoms with Crippen molar-refractivity contribution in [1.82, 2.24) is 25.2 Å². The monoisotopic (exact) mass is 435 g/mol. The summed E-state index contributed by atoms with van der Waals surface area (Å²) in [6, 6.07) is 8.09. The number of carbonyl (C=O) groups excluding carboxylic acids is 1. The average Bonchev–Trinajstić information content (AvgIpc) is 3.46. The van der Waals surface area contributed by atoms with Gasteiger partial charge in [-0.25, -0.2) is 4.68 Å². The van der Waals surface area contributed by atoms with Crippen LogP contribution in [0, 0.1) is 0 Å². The predicted octanol–water partition coefficient (Wildman–Crippen LogP) is 2.45. The molecule has 1 atom stereocenters. The normalized spacial score (nSPS) is 19.3. The van der Waals surface area contributed by atoms with Crippen LogP contribution in [0.1, 0.15) is 47.8 Å². The van der Waals surface area contributed by atoms with Crippen molar-refractivity contribution in [2.24, 2.45) is 0 Å². The van der Waals surface area contributed by atoms with Crippen LogP contribution in [-0.4, -0.2) is 65.3 Å². The van der Waals surface area contributed by atoms with Crippen molar-refractivity contribution in [3.8, 4) is 5.75 Å². The smallest absolute Gasteiger partial charge is 0.276 e. The number of rotatable bonds is 7. The summed E-state index contributed by atoms with van der Waals surface area (Å²) < 4.78 is 13.1. The van der Waals surface area contributed by atoms with Gasteiger partial charge >= 0.3 is 0 Å². The van der Waals surface area contributed by atoms with Gasteiger partial charge in [0.25, 0.3) is 5.91 Å². The van der Waals surface area contributed by atoms with Gasteiger partial charge in [0, 0.05) is 25.3 Å². The van der Waals surface area contributed by atoms with Crippen molar-refractivity contribution in [3.05, 3.63) is 41.7 Å². The van der Waals surface area contributed by atoms with Crippen molar-refractivity contribution in [2.75, 3.05) is 33.4 Å². The average molecular weight is 436 g/mol. The van der Waals surface area contributed by atoms with E-state index in [1.165, 1.54) is 0 Å². The molecule has 2 fully saturated rings. The summed E-state index contributed by atoms with van der Waals surface area (Å²) in [6.07, 6.45) is 5.86. The van der Waals surface area contributed by atoms with Gasteiger partial charge in [-0.15, -0.1) is 17.5 Å². The van der Waals surface area contributed by atoms with E-state index in [0.717, 1.165) is 56.7 Å². The zero-order valence-electron chi connectivity index (χ0n) is 17.3. The third kappa shape index (κ3) is 5.30. The number of nitrogens with zero attached hydrogens (tertiary/aromatic N) is 4. The van der Waals surface area contributed by atoms with Gasteiger partial charge in [0.1, 0.15) is 5.75 Å². The maximum absolute atomic E-state index is 13.3. The summed E-state index contributed by atoms with van der Waals surface area (Å²) in [5, 5.41) is 11.8. The molecule has 164 valence electrons. The van der Waals surface area contributed by atoms with E-state index < -0.39 is 0 Å². The van der Waals surface area contributed by atoms with Crippen LogP contribution in [0.15, 0.2) is 30.5 Å². The number of para-hydroxylation sites is 1. The standard InChI is InChI=1S/C21H29N5O3.ClH/c1-28-20-7-3-2-5-16(20)13-25(14-18-6-4-12-29-18)21(27)19-15-26(24-23-19)17-8-10-22-11-9-17;/h2-3,5,7,15,17-18,22H,4,6,8-14H2,1H3;1H. The molecule has 8 nitrogen and oxygen atoms in total. The van der Waals surface area contributed by atoms with Crippen LogP contribution in [-0.2, 0) is 11.3 Å². The first-order valence-corrected chi connectivity index (χ1v) is 10.4. The highest BCUT2D eigenvalue weighted by atomic mass is 35.5. The molecule has 2 aliphatic heterocycles. The zero-order valence-corrected chi connectivity index (χ0v) is 18.1. The summed E-state index contributed by atoms with van der Waals surface area (Å²) in [6.45, 7) is 3.67. The summed E-state index contributed by atoms with van der Waals surface area (Å²) in [7, 11) is 1.65. The molecule has 30 heavy (non-hydrogen) atoms. The Morgan fingerprint density at radius 3 is 2.83 bits per heavy atom. The fourth-order valence-corrected chi connectivity index (χ4v) is 4.08. The lowest BCUT2D eigenvalue weighted by molar-refractivity contribution is 0.0501. The number of amides is 1. The Bertz CT molecular complexity index is 818. The van der Waals surface area contributed by atoms with Crippen LogP contribution in [0.2, 0.25) is 0 Å². The first kappa shape index (κ1) is 22.5. The summed E-state index contributed by atoms with van der Waals surface area (Å²) in [5.41, 5.74) is 1.35. The molecule has 1 amide bonds. The Morgan fingerprint density at radius 2 is 2.10 bits per heavy atom. The number of methoxy groups -OCH3 is 1. The number of hydrogen-bond donors (Lipinski definition) is 1. The SMILES string of the molecule is COc1ccccc1CN(CC1CCCO1)C(=O)c1cn(C2CCNCC2)nn1.Cl. The third-order valence-electron chi connectivity index (χ3n) is 5.70. The molecule has 1 N–H and O–H groups in total. The summed E-state index contributed by atoms with van der Waals surface area (Å²) >= 11 is 0. The topological polar surface area (TPSA) is 81.5 Å². The van der Waals surface area contributed by atoms with Gasteiger partial charge < -0.3 is 19.7 Å². The maximum atomic E-state index is 13.3. The van der Waals surface area contributed by atoms with Crippen LogP contribution in [0.3, 0.4) is 0 Å². The maximum Gasteiger partial charge on any atom is 0.276 e. The molecule has 1 aromatic heterocycles. The Balaban J connectivity index is 0.00000256. The van der Waals surface area contributed by atoms with Crippen molar-refractivity contribution in [1.29, 1.82) is 0 Å². The van der Waals surface area contributed by atoms with Crippen LogP contribution in [0.5, 0.6) is 5.75 Å². The number of carbonyl (C=O) groups is 1. The first-order valence-electron chi connectivity index (χ1n) is 10.4. The molecule has 1 aromatic carbocycles. The third-order valence-corrected chi connectivity index (χ3v) is 5.70. The Kier molecular flexibility index (Phi) is 8.07. The molecule has 9 heteroatoms. The molecule has 0 saturated carbocycles. The van der Waals surface area contributed by atoms with Crippen LogP contribution >= 0.6 is 12.4 Å². The van der Waals surface area contributed by atoms with Crippen LogP contribution < -0.4 is 10.1 Å². The minimum absolute atomic E-state index is 0. The van der Waals surface area contributed by atoms with E-state index in [0.29, 0.717) is 24.8 Å². The fourth-order valence-electron chi connectivity index (χ4n) is 4.08. The van der Waals surface area contributed by atoms with Gasteiger partial charge in [0.2, 0.25) is 0 Å². The van der Waals surface area contributed by atoms with Gasteiger partial charge in [0.05, 0.1) is 25.5 Å². The lowest BCUT2D eigenvalue weighted by atomic mass is 10.1. The van der Waals surface area contributed by atoms with Crippen molar-refractivity contribution in [2.45, 2.75) is 44.4 Å². The highest BCUT2D eigenvalue weighted by Crippen LogP contribution is 2.23. The largest absolute Gasteiger partial charge is 0.496 e. The highest BCUT2D eigenvalue weighted by molar-refractivity contribution is 5.92. The molecule has 4 rings (SSSR count). The molecular formula is C21H30ClN5O3. The minimum atomic E-state index is -0.119. The second-order valence-corrected chi connectivity index (χ2v) is 7.70. The van der Waals surface area contributed by atoms with Crippen LogP contribution in [0.25, 0.3) is 0 Å². The Labute approximate surface area is 183 Å². The number of benzene rings is 1. The van der Waals surface area contributed by atoms with E-state index >= 15 is 0 Å². The van der Waals surface area contributed by atoms with E-state index in [2.05, 4.69) is 15.6 Å². The van der Waals surface area contributed by atoms with E-state index in [1.54, 1.807) is 13.3 Å². The lowest BCUT2D eigenvalue weighted by Crippen LogP contribution is -2.37. The van der Waals surface area contributed by atoms with Gasteiger partial charge in [0.15, 0.2) is 5.69 Å². The molecule has 2 aliphatic rings. The predicted molar refractivity (Wildman–Crippen MR) is 115 cm³/mol. The molecule has 2 aromatic rings. The van der Waals surface area contributed by atoms with Gasteiger partial charge in [-0.3, -0.25) is 4.79 Å². The first-order chi connectivity index (χ1) is 14.2. The summed E-state index contributed by atoms with van der Waals surface area (Å²) in [5.74, 6) is 0.655. The summed E-state index contributed by atoms with van der Waals surface area (Å²) in [4.78, 5) is 15.1. The second kappa shape index (κ2) is 10.7. The molecule has 0 radical (unpaired) electrons. The second-order valence-electron chi connectivity index (χ2n) is 7.70. The quantitative estimate of drug-likeness (QED) is 0.719. The number of halogens is 1. The molecule has 3 heterocycles. The molecule has 0 spiro atoms. The van der Waals surface area contributed by atoms with Gasteiger partial charge in [-0.2, -0.15) is 0 Å². The molecule has 0 aliphatic carbocycles. The van der Waals surface area contributed by atoms with Crippen molar-refractivity contribution in [3.63, 3.8) is 0 Å². The Hall–Kier alpha value is -2.16. The number of aromatic nitrogens is 3. The number of ether oxygens (including phenoxy) is 2. The molecule has 1 unspecified atom stereocenters. The van der Waals surface area contributed by atoms with Crippen molar-refractivity contribution >= 4 is 18.3 Å². The minimum Gasteiger partial charge on any atom is -0.496 e.